The Labute approximate surface area is 102 Å². The van der Waals surface area contributed by atoms with Crippen molar-refractivity contribution < 1.29 is 27.4 Å². The van der Waals surface area contributed by atoms with E-state index in [0.29, 0.717) is 5.56 Å². The van der Waals surface area contributed by atoms with Gasteiger partial charge in [-0.3, -0.25) is 4.79 Å². The predicted octanol–water partition coefficient (Wildman–Crippen LogP) is 1.85. The highest BCUT2D eigenvalue weighted by Gasteiger charge is 2.31. The topological polar surface area (TPSA) is 47.6 Å². The second-order valence-electron chi connectivity index (χ2n) is 3.34. The lowest BCUT2D eigenvalue weighted by Gasteiger charge is -2.13. The van der Waals surface area contributed by atoms with Gasteiger partial charge in [-0.2, -0.15) is 0 Å². The van der Waals surface area contributed by atoms with Crippen LogP contribution >= 0.6 is 0 Å². The largest absolute Gasteiger partial charge is 0.573 e. The van der Waals surface area contributed by atoms with E-state index in [0.717, 1.165) is 0 Å². The Balaban J connectivity index is 2.62. The zero-order valence-electron chi connectivity index (χ0n) is 9.58. The van der Waals surface area contributed by atoms with Gasteiger partial charge in [-0.15, -0.1) is 13.2 Å². The minimum absolute atomic E-state index is 0.0708. The molecule has 1 aromatic carbocycles. The molecule has 0 fully saturated rings. The van der Waals surface area contributed by atoms with Gasteiger partial charge in [0.15, 0.2) is 0 Å². The lowest BCUT2D eigenvalue weighted by molar-refractivity contribution is -0.274. The Bertz CT molecular complexity index is 407. The maximum absolute atomic E-state index is 12.1. The Morgan fingerprint density at radius 3 is 2.61 bits per heavy atom. The van der Waals surface area contributed by atoms with Crippen molar-refractivity contribution in [2.75, 3.05) is 13.7 Å². The van der Waals surface area contributed by atoms with Crippen LogP contribution in [0.1, 0.15) is 5.56 Å². The van der Waals surface area contributed by atoms with Crippen LogP contribution in [0.2, 0.25) is 0 Å². The van der Waals surface area contributed by atoms with Gasteiger partial charge in [0.25, 0.3) is 0 Å². The minimum Gasteiger partial charge on any atom is -0.468 e. The van der Waals surface area contributed by atoms with Crippen molar-refractivity contribution in [1.29, 1.82) is 0 Å². The minimum atomic E-state index is -4.74. The molecule has 0 aliphatic rings. The van der Waals surface area contributed by atoms with Crippen LogP contribution in [0.4, 0.5) is 13.2 Å². The molecule has 1 N–H and O–H groups in total. The van der Waals surface area contributed by atoms with Crippen LogP contribution < -0.4 is 10.1 Å². The fourth-order valence-electron chi connectivity index (χ4n) is 1.25. The van der Waals surface area contributed by atoms with Crippen molar-refractivity contribution in [3.05, 3.63) is 29.8 Å². The molecule has 0 atom stereocenters. The number of benzene rings is 1. The van der Waals surface area contributed by atoms with Gasteiger partial charge in [0.05, 0.1) is 13.7 Å². The predicted molar refractivity (Wildman–Crippen MR) is 56.8 cm³/mol. The summed E-state index contributed by atoms with van der Waals surface area (Å²) >= 11 is 0. The molecule has 0 aromatic heterocycles. The number of para-hydroxylation sites is 1. The fourth-order valence-corrected chi connectivity index (χ4v) is 1.25. The summed E-state index contributed by atoms with van der Waals surface area (Å²) in [5.41, 5.74) is 0.304. The first-order valence-corrected chi connectivity index (χ1v) is 5.03. The van der Waals surface area contributed by atoms with E-state index in [1.54, 1.807) is 6.07 Å². The van der Waals surface area contributed by atoms with Gasteiger partial charge in [-0.25, -0.2) is 0 Å². The lowest BCUT2D eigenvalue weighted by atomic mass is 10.2. The summed E-state index contributed by atoms with van der Waals surface area (Å²) in [7, 11) is 1.23. The van der Waals surface area contributed by atoms with Crippen LogP contribution in [-0.4, -0.2) is 26.0 Å². The van der Waals surface area contributed by atoms with Crippen LogP contribution in [0, 0.1) is 0 Å². The normalized spacial score (nSPS) is 11.1. The van der Waals surface area contributed by atoms with Crippen LogP contribution in [-0.2, 0) is 16.1 Å². The van der Waals surface area contributed by atoms with Gasteiger partial charge < -0.3 is 14.8 Å². The van der Waals surface area contributed by atoms with Gasteiger partial charge in [-0.1, -0.05) is 18.2 Å². The number of hydrogen-bond acceptors (Lipinski definition) is 4. The molecule has 1 aromatic rings. The maximum atomic E-state index is 12.1. The third kappa shape index (κ3) is 5.05. The molecular formula is C11H12F3NO3. The van der Waals surface area contributed by atoms with E-state index in [4.69, 9.17) is 0 Å². The van der Waals surface area contributed by atoms with E-state index >= 15 is 0 Å². The van der Waals surface area contributed by atoms with E-state index in [-0.39, 0.29) is 18.8 Å². The number of hydrogen-bond donors (Lipinski definition) is 1. The van der Waals surface area contributed by atoms with Crippen LogP contribution in [0.15, 0.2) is 24.3 Å². The van der Waals surface area contributed by atoms with Crippen LogP contribution in [0.3, 0.4) is 0 Å². The fraction of sp³-hybridized carbons (Fsp3) is 0.364. The number of esters is 1. The average molecular weight is 263 g/mol. The molecule has 4 nitrogen and oxygen atoms in total. The van der Waals surface area contributed by atoms with E-state index in [1.807, 2.05) is 0 Å². The van der Waals surface area contributed by atoms with Crippen molar-refractivity contribution in [3.8, 4) is 5.75 Å². The van der Waals surface area contributed by atoms with E-state index in [2.05, 4.69) is 14.8 Å². The highest BCUT2D eigenvalue weighted by atomic mass is 19.4. The van der Waals surface area contributed by atoms with E-state index < -0.39 is 12.3 Å². The number of ether oxygens (including phenoxy) is 2. The van der Waals surface area contributed by atoms with Gasteiger partial charge in [-0.05, 0) is 6.07 Å². The van der Waals surface area contributed by atoms with Crippen molar-refractivity contribution in [3.63, 3.8) is 0 Å². The second-order valence-corrected chi connectivity index (χ2v) is 3.34. The molecule has 100 valence electrons. The monoisotopic (exact) mass is 263 g/mol. The summed E-state index contributed by atoms with van der Waals surface area (Å²) in [5.74, 6) is -0.786. The molecule has 0 unspecified atom stereocenters. The zero-order chi connectivity index (χ0) is 13.6. The summed E-state index contributed by atoms with van der Waals surface area (Å²) in [6, 6.07) is 5.71. The third-order valence-corrected chi connectivity index (χ3v) is 2.01. The summed E-state index contributed by atoms with van der Waals surface area (Å²) in [5, 5.41) is 2.66. The van der Waals surface area contributed by atoms with Crippen molar-refractivity contribution in [2.24, 2.45) is 0 Å². The first-order valence-electron chi connectivity index (χ1n) is 5.03. The Kier molecular flexibility index (Phi) is 4.96. The number of carbonyl (C=O) groups is 1. The zero-order valence-corrected chi connectivity index (χ0v) is 9.58. The summed E-state index contributed by atoms with van der Waals surface area (Å²) in [4.78, 5) is 10.8. The molecule has 0 aliphatic heterocycles. The van der Waals surface area contributed by atoms with Gasteiger partial charge in [0.1, 0.15) is 5.75 Å². The molecule has 0 radical (unpaired) electrons. The van der Waals surface area contributed by atoms with Gasteiger partial charge in [0.2, 0.25) is 0 Å². The molecular weight excluding hydrogens is 251 g/mol. The Morgan fingerprint density at radius 1 is 1.33 bits per heavy atom. The molecule has 0 saturated carbocycles. The number of nitrogens with one attached hydrogen (secondary N) is 1. The number of halogens is 3. The molecule has 1 rings (SSSR count). The Hall–Kier alpha value is -1.76. The highest BCUT2D eigenvalue weighted by molar-refractivity contribution is 5.71. The average Bonchev–Trinajstić information content (AvgIpc) is 2.29. The van der Waals surface area contributed by atoms with Gasteiger partial charge in [0, 0.05) is 12.1 Å². The first kappa shape index (κ1) is 14.3. The lowest BCUT2D eigenvalue weighted by Crippen LogP contribution is -2.24. The van der Waals surface area contributed by atoms with Crippen molar-refractivity contribution in [2.45, 2.75) is 12.9 Å². The van der Waals surface area contributed by atoms with E-state index in [9.17, 15) is 18.0 Å². The molecule has 0 spiro atoms. The first-order chi connectivity index (χ1) is 8.42. The molecule has 0 amide bonds. The summed E-state index contributed by atoms with van der Waals surface area (Å²) < 4.78 is 44.6. The Morgan fingerprint density at radius 2 is 2.00 bits per heavy atom. The van der Waals surface area contributed by atoms with E-state index in [1.165, 1.54) is 25.3 Å². The highest BCUT2D eigenvalue weighted by Crippen LogP contribution is 2.25. The smallest absolute Gasteiger partial charge is 0.468 e. The number of carbonyl (C=O) groups excluding carboxylic acids is 1. The number of rotatable bonds is 5. The van der Waals surface area contributed by atoms with Crippen LogP contribution in [0.25, 0.3) is 0 Å². The van der Waals surface area contributed by atoms with Crippen molar-refractivity contribution >= 4 is 5.97 Å². The summed E-state index contributed by atoms with van der Waals surface area (Å²) in [6.45, 7) is -0.0157. The van der Waals surface area contributed by atoms with Crippen molar-refractivity contribution in [1.82, 2.24) is 5.32 Å². The molecule has 0 heterocycles. The second kappa shape index (κ2) is 6.25. The molecule has 18 heavy (non-hydrogen) atoms. The summed E-state index contributed by atoms with van der Waals surface area (Å²) in [6.07, 6.45) is -4.74. The third-order valence-electron chi connectivity index (χ3n) is 2.01. The quantitative estimate of drug-likeness (QED) is 0.823. The molecule has 0 aliphatic carbocycles. The number of methoxy groups -OCH3 is 1. The standard InChI is InChI=1S/C11H12F3NO3/c1-17-10(16)7-15-6-8-4-2-3-5-9(8)18-11(12,13)14/h2-5,15H,6-7H2,1H3. The SMILES string of the molecule is COC(=O)CNCc1ccccc1OC(F)(F)F. The molecule has 7 heteroatoms. The number of alkyl halides is 3. The molecule has 0 bridgehead atoms. The maximum Gasteiger partial charge on any atom is 0.573 e. The van der Waals surface area contributed by atoms with Gasteiger partial charge >= 0.3 is 12.3 Å². The molecule has 0 saturated heterocycles. The van der Waals surface area contributed by atoms with Crippen LogP contribution in [0.5, 0.6) is 5.75 Å².